The Morgan fingerprint density at radius 3 is 3.00 bits per heavy atom. The first kappa shape index (κ1) is 6.70. The molecule has 0 saturated carbocycles. The molecule has 60 valence electrons. The molecule has 1 unspecified atom stereocenters. The SMILES string of the molecule is O=C1OCCC2CCOC=C12. The first-order valence-corrected chi connectivity index (χ1v) is 3.87. The van der Waals surface area contributed by atoms with E-state index in [9.17, 15) is 4.79 Å². The summed E-state index contributed by atoms with van der Waals surface area (Å²) < 4.78 is 9.91. The molecule has 0 amide bonds. The minimum absolute atomic E-state index is 0.194. The van der Waals surface area contributed by atoms with Crippen LogP contribution in [-0.2, 0) is 14.3 Å². The lowest BCUT2D eigenvalue weighted by Gasteiger charge is -2.26. The molecule has 2 aliphatic heterocycles. The van der Waals surface area contributed by atoms with E-state index in [1.165, 1.54) is 0 Å². The second kappa shape index (κ2) is 2.57. The van der Waals surface area contributed by atoms with Crippen LogP contribution >= 0.6 is 0 Å². The predicted octanol–water partition coefficient (Wildman–Crippen LogP) is 0.854. The van der Waals surface area contributed by atoms with E-state index < -0.39 is 0 Å². The van der Waals surface area contributed by atoms with Gasteiger partial charge in [0.2, 0.25) is 0 Å². The second-order valence-corrected chi connectivity index (χ2v) is 2.85. The lowest BCUT2D eigenvalue weighted by molar-refractivity contribution is -0.143. The van der Waals surface area contributed by atoms with Crippen LogP contribution in [0.1, 0.15) is 12.8 Å². The van der Waals surface area contributed by atoms with Crippen LogP contribution in [-0.4, -0.2) is 19.2 Å². The van der Waals surface area contributed by atoms with Gasteiger partial charge in [-0.25, -0.2) is 4.79 Å². The van der Waals surface area contributed by atoms with Crippen molar-refractivity contribution in [2.24, 2.45) is 5.92 Å². The van der Waals surface area contributed by atoms with Crippen LogP contribution in [0, 0.1) is 5.92 Å². The van der Waals surface area contributed by atoms with Gasteiger partial charge >= 0.3 is 5.97 Å². The zero-order valence-electron chi connectivity index (χ0n) is 6.21. The molecule has 1 fully saturated rings. The average Bonchev–Trinajstić information content (AvgIpc) is 2.06. The monoisotopic (exact) mass is 154 g/mol. The van der Waals surface area contributed by atoms with E-state index in [4.69, 9.17) is 9.47 Å². The van der Waals surface area contributed by atoms with E-state index in [2.05, 4.69) is 0 Å². The third-order valence-electron chi connectivity index (χ3n) is 2.17. The highest BCUT2D eigenvalue weighted by atomic mass is 16.5. The average molecular weight is 154 g/mol. The Hall–Kier alpha value is -0.990. The summed E-state index contributed by atoms with van der Waals surface area (Å²) in [7, 11) is 0. The van der Waals surface area contributed by atoms with Gasteiger partial charge in [-0.2, -0.15) is 0 Å². The van der Waals surface area contributed by atoms with Gasteiger partial charge in [0.05, 0.1) is 25.0 Å². The minimum Gasteiger partial charge on any atom is -0.501 e. The molecule has 3 nitrogen and oxygen atoms in total. The third kappa shape index (κ3) is 1.11. The van der Waals surface area contributed by atoms with Crippen LogP contribution in [0.4, 0.5) is 0 Å². The smallest absolute Gasteiger partial charge is 0.337 e. The molecule has 0 radical (unpaired) electrons. The Morgan fingerprint density at radius 1 is 1.36 bits per heavy atom. The predicted molar refractivity (Wildman–Crippen MR) is 37.7 cm³/mol. The highest BCUT2D eigenvalue weighted by Gasteiger charge is 2.29. The van der Waals surface area contributed by atoms with Crippen LogP contribution < -0.4 is 0 Å². The van der Waals surface area contributed by atoms with Crippen LogP contribution in [0.15, 0.2) is 11.8 Å². The standard InChI is InChI=1S/C8H10O3/c9-8-7-5-10-3-1-6(7)2-4-11-8/h5-6H,1-4H2. The molecule has 0 spiro atoms. The maximum absolute atomic E-state index is 11.1. The van der Waals surface area contributed by atoms with Crippen molar-refractivity contribution in [1.29, 1.82) is 0 Å². The first-order chi connectivity index (χ1) is 5.38. The number of rotatable bonds is 0. The number of fused-ring (bicyclic) bond motifs is 1. The van der Waals surface area contributed by atoms with Crippen molar-refractivity contribution in [2.45, 2.75) is 12.8 Å². The van der Waals surface area contributed by atoms with E-state index in [1.807, 2.05) is 0 Å². The number of esters is 1. The Balaban J connectivity index is 2.21. The van der Waals surface area contributed by atoms with E-state index in [0.717, 1.165) is 25.0 Å². The molecule has 0 aromatic carbocycles. The first-order valence-electron chi connectivity index (χ1n) is 3.87. The van der Waals surface area contributed by atoms with Gasteiger partial charge in [0, 0.05) is 5.92 Å². The molecular formula is C8H10O3. The minimum atomic E-state index is -0.194. The molecule has 11 heavy (non-hydrogen) atoms. The number of carbonyl (C=O) groups is 1. The molecule has 0 bridgehead atoms. The van der Waals surface area contributed by atoms with E-state index >= 15 is 0 Å². The van der Waals surface area contributed by atoms with Crippen molar-refractivity contribution >= 4 is 5.97 Å². The fraction of sp³-hybridized carbons (Fsp3) is 0.625. The lowest BCUT2D eigenvalue weighted by atomic mass is 9.91. The van der Waals surface area contributed by atoms with E-state index in [1.54, 1.807) is 6.26 Å². The highest BCUT2D eigenvalue weighted by Crippen LogP contribution is 2.28. The molecule has 2 heterocycles. The number of carbonyl (C=O) groups excluding carboxylic acids is 1. The lowest BCUT2D eigenvalue weighted by Crippen LogP contribution is -2.27. The van der Waals surface area contributed by atoms with Crippen LogP contribution in [0.3, 0.4) is 0 Å². The van der Waals surface area contributed by atoms with Crippen LogP contribution in [0.25, 0.3) is 0 Å². The van der Waals surface area contributed by atoms with Crippen molar-refractivity contribution in [3.8, 4) is 0 Å². The molecule has 1 saturated heterocycles. The normalized spacial score (nSPS) is 29.6. The van der Waals surface area contributed by atoms with Gasteiger partial charge in [0.1, 0.15) is 0 Å². The largest absolute Gasteiger partial charge is 0.501 e. The molecule has 2 rings (SSSR count). The summed E-state index contributed by atoms with van der Waals surface area (Å²) in [6, 6.07) is 0. The van der Waals surface area contributed by atoms with Gasteiger partial charge in [0.25, 0.3) is 0 Å². The van der Waals surface area contributed by atoms with E-state index in [0.29, 0.717) is 12.5 Å². The summed E-state index contributed by atoms with van der Waals surface area (Å²) in [4.78, 5) is 11.1. The van der Waals surface area contributed by atoms with Crippen molar-refractivity contribution in [3.05, 3.63) is 11.8 Å². The molecule has 0 aliphatic carbocycles. The van der Waals surface area contributed by atoms with Crippen molar-refractivity contribution in [1.82, 2.24) is 0 Å². The van der Waals surface area contributed by atoms with Gasteiger partial charge in [-0.3, -0.25) is 0 Å². The van der Waals surface area contributed by atoms with E-state index in [-0.39, 0.29) is 5.97 Å². The van der Waals surface area contributed by atoms with Crippen molar-refractivity contribution in [2.75, 3.05) is 13.2 Å². The van der Waals surface area contributed by atoms with Crippen LogP contribution in [0.2, 0.25) is 0 Å². The van der Waals surface area contributed by atoms with Crippen molar-refractivity contribution < 1.29 is 14.3 Å². The third-order valence-corrected chi connectivity index (χ3v) is 2.17. The molecular weight excluding hydrogens is 144 g/mol. The fourth-order valence-electron chi connectivity index (χ4n) is 1.50. The maximum atomic E-state index is 11.1. The highest BCUT2D eigenvalue weighted by molar-refractivity contribution is 5.89. The Bertz CT molecular complexity index is 207. The number of cyclic esters (lactones) is 1. The zero-order valence-corrected chi connectivity index (χ0v) is 6.21. The molecule has 0 N–H and O–H groups in total. The van der Waals surface area contributed by atoms with Crippen LogP contribution in [0.5, 0.6) is 0 Å². The van der Waals surface area contributed by atoms with Gasteiger partial charge in [0.15, 0.2) is 0 Å². The maximum Gasteiger partial charge on any atom is 0.337 e. The van der Waals surface area contributed by atoms with Gasteiger partial charge in [-0.1, -0.05) is 0 Å². The van der Waals surface area contributed by atoms with Gasteiger partial charge < -0.3 is 9.47 Å². The fourth-order valence-corrected chi connectivity index (χ4v) is 1.50. The number of ether oxygens (including phenoxy) is 2. The molecule has 0 aromatic heterocycles. The Morgan fingerprint density at radius 2 is 2.18 bits per heavy atom. The zero-order chi connectivity index (χ0) is 7.68. The Labute approximate surface area is 65.0 Å². The number of hydrogen-bond acceptors (Lipinski definition) is 3. The van der Waals surface area contributed by atoms with Gasteiger partial charge in [-0.05, 0) is 12.8 Å². The molecule has 2 aliphatic rings. The van der Waals surface area contributed by atoms with Crippen molar-refractivity contribution in [3.63, 3.8) is 0 Å². The molecule has 3 heteroatoms. The summed E-state index contributed by atoms with van der Waals surface area (Å²) in [5.74, 6) is 0.200. The summed E-state index contributed by atoms with van der Waals surface area (Å²) in [5.41, 5.74) is 0.725. The quantitative estimate of drug-likeness (QED) is 0.485. The summed E-state index contributed by atoms with van der Waals surface area (Å²) >= 11 is 0. The Kier molecular flexibility index (Phi) is 1.56. The number of hydrogen-bond donors (Lipinski definition) is 0. The summed E-state index contributed by atoms with van der Waals surface area (Å²) in [6.45, 7) is 1.31. The molecule has 0 aromatic rings. The summed E-state index contributed by atoms with van der Waals surface area (Å²) in [5, 5.41) is 0. The summed E-state index contributed by atoms with van der Waals surface area (Å²) in [6.07, 6.45) is 3.47. The van der Waals surface area contributed by atoms with Gasteiger partial charge in [-0.15, -0.1) is 0 Å². The topological polar surface area (TPSA) is 35.5 Å². The second-order valence-electron chi connectivity index (χ2n) is 2.85. The molecule has 1 atom stereocenters.